The predicted octanol–water partition coefficient (Wildman–Crippen LogP) is 4.53. The monoisotopic (exact) mass is 423 g/mol. The van der Waals surface area contributed by atoms with Crippen LogP contribution in [0.4, 0.5) is 16.2 Å². The Morgan fingerprint density at radius 3 is 2.57 bits per heavy atom. The first-order chi connectivity index (χ1) is 14.6. The second-order valence-corrected chi connectivity index (χ2v) is 8.50. The van der Waals surface area contributed by atoms with Crippen molar-refractivity contribution in [3.05, 3.63) is 84.2 Å². The van der Waals surface area contributed by atoms with Gasteiger partial charge in [0.1, 0.15) is 23.3 Å². The van der Waals surface area contributed by atoms with Crippen LogP contribution in [0.1, 0.15) is 25.0 Å². The van der Waals surface area contributed by atoms with Gasteiger partial charge < -0.3 is 15.4 Å². The van der Waals surface area contributed by atoms with E-state index in [2.05, 4.69) is 34.2 Å². The molecule has 0 aliphatic rings. The van der Waals surface area contributed by atoms with E-state index >= 15 is 0 Å². The molecular formula is C23H27N4O2S+. The molecule has 0 aliphatic heterocycles. The van der Waals surface area contributed by atoms with Gasteiger partial charge in [-0.1, -0.05) is 30.3 Å². The van der Waals surface area contributed by atoms with Gasteiger partial charge in [0.15, 0.2) is 0 Å². The number of carbonyl (C=O) groups excluding carboxylic acids is 1. The van der Waals surface area contributed by atoms with Crippen molar-refractivity contribution in [1.82, 2.24) is 10.3 Å². The van der Waals surface area contributed by atoms with Crippen LogP contribution >= 0.6 is 0 Å². The Labute approximate surface area is 181 Å². The molecule has 0 atom stereocenters. The summed E-state index contributed by atoms with van der Waals surface area (Å²) in [6.45, 7) is 5.19. The summed E-state index contributed by atoms with van der Waals surface area (Å²) in [5.74, 6) is 0.822. The van der Waals surface area contributed by atoms with Crippen molar-refractivity contribution in [3.63, 3.8) is 0 Å². The maximum Gasteiger partial charge on any atom is 0.319 e. The number of urea groups is 1. The van der Waals surface area contributed by atoms with Crippen LogP contribution in [-0.2, 0) is 25.1 Å². The van der Waals surface area contributed by atoms with Gasteiger partial charge in [0.25, 0.3) is 0 Å². The number of nitrogens with one attached hydrogen (secondary N) is 3. The van der Waals surface area contributed by atoms with Gasteiger partial charge in [-0.05, 0) is 55.3 Å². The van der Waals surface area contributed by atoms with Gasteiger partial charge in [-0.25, -0.2) is 9.52 Å². The number of rotatable bonds is 9. The molecule has 3 N–H and O–H groups in total. The average molecular weight is 424 g/mol. The van der Waals surface area contributed by atoms with E-state index in [0.717, 1.165) is 40.2 Å². The number of carbonyl (C=O) groups is 1. The molecule has 0 saturated heterocycles. The normalized spacial score (nSPS) is 10.5. The number of thiol groups is 1. The number of para-hydroxylation sites is 2. The SMILES string of the molecule is CC(C)[SH+]Nc1ccccc1OCc1ccc(NC(=O)NCc2cccnc2)cc1. The second-order valence-electron chi connectivity index (χ2n) is 6.99. The molecule has 1 aromatic heterocycles. The lowest BCUT2D eigenvalue weighted by atomic mass is 10.2. The van der Waals surface area contributed by atoms with Gasteiger partial charge in [0.05, 0.1) is 11.9 Å². The molecule has 0 bridgehead atoms. The molecule has 0 fully saturated rings. The zero-order chi connectivity index (χ0) is 21.2. The smallest absolute Gasteiger partial charge is 0.319 e. The summed E-state index contributed by atoms with van der Waals surface area (Å²) < 4.78 is 9.38. The van der Waals surface area contributed by atoms with E-state index in [9.17, 15) is 4.79 Å². The lowest BCUT2D eigenvalue weighted by Gasteiger charge is -2.11. The van der Waals surface area contributed by atoms with E-state index in [-0.39, 0.29) is 6.03 Å². The van der Waals surface area contributed by atoms with E-state index in [1.165, 1.54) is 0 Å². The molecule has 156 valence electrons. The first-order valence-corrected chi connectivity index (χ1v) is 10.8. The summed E-state index contributed by atoms with van der Waals surface area (Å²) in [7, 11) is 0. The van der Waals surface area contributed by atoms with Crippen LogP contribution in [0, 0.1) is 0 Å². The summed E-state index contributed by atoms with van der Waals surface area (Å²) in [5.41, 5.74) is 3.67. The van der Waals surface area contributed by atoms with E-state index in [1.807, 2.05) is 60.7 Å². The highest BCUT2D eigenvalue weighted by molar-refractivity contribution is 7.80. The molecule has 3 aromatic rings. The Kier molecular flexibility index (Phi) is 7.97. The summed E-state index contributed by atoms with van der Waals surface area (Å²) in [6, 6.07) is 19.0. The maximum atomic E-state index is 12.1. The Balaban J connectivity index is 1.48. The first-order valence-electron chi connectivity index (χ1n) is 9.80. The van der Waals surface area contributed by atoms with E-state index < -0.39 is 0 Å². The highest BCUT2D eigenvalue weighted by atomic mass is 32.2. The Bertz CT molecular complexity index is 933. The third kappa shape index (κ3) is 7.00. The largest absolute Gasteiger partial charge is 0.487 e. The van der Waals surface area contributed by atoms with Crippen molar-refractivity contribution in [2.45, 2.75) is 32.2 Å². The number of hydrogen-bond acceptors (Lipinski definition) is 4. The number of aromatic nitrogens is 1. The van der Waals surface area contributed by atoms with Crippen LogP contribution in [0.25, 0.3) is 0 Å². The first kappa shape index (κ1) is 21.5. The second kappa shape index (κ2) is 11.1. The minimum atomic E-state index is -0.257. The van der Waals surface area contributed by atoms with Gasteiger partial charge in [-0.2, -0.15) is 0 Å². The number of nitrogens with zero attached hydrogens (tertiary/aromatic N) is 1. The Morgan fingerprint density at radius 1 is 1.03 bits per heavy atom. The van der Waals surface area contributed by atoms with Crippen LogP contribution < -0.4 is 20.1 Å². The standard InChI is InChI=1S/C23H26N4O2S/c1-17(2)30-27-21-7-3-4-8-22(21)29-16-18-9-11-20(12-10-18)26-23(28)25-15-19-6-5-13-24-14-19/h3-14,17,27H,15-16H2,1-2H3,(H2,25,26,28)/p+1. The molecule has 1 heterocycles. The Hall–Kier alpha value is -3.19. The summed E-state index contributed by atoms with van der Waals surface area (Å²) in [6.07, 6.45) is 3.43. The predicted molar refractivity (Wildman–Crippen MR) is 125 cm³/mol. The van der Waals surface area contributed by atoms with E-state index in [4.69, 9.17) is 4.74 Å². The maximum absolute atomic E-state index is 12.1. The van der Waals surface area contributed by atoms with Crippen molar-refractivity contribution in [2.75, 3.05) is 10.0 Å². The number of pyridine rings is 1. The van der Waals surface area contributed by atoms with Crippen molar-refractivity contribution in [3.8, 4) is 5.75 Å². The van der Waals surface area contributed by atoms with Crippen LogP contribution in [0.3, 0.4) is 0 Å². The number of ether oxygens (including phenoxy) is 1. The zero-order valence-corrected chi connectivity index (χ0v) is 18.0. The van der Waals surface area contributed by atoms with Crippen LogP contribution in [0.5, 0.6) is 5.75 Å². The highest BCUT2D eigenvalue weighted by Gasteiger charge is 2.09. The molecule has 2 aromatic carbocycles. The van der Waals surface area contributed by atoms with Crippen molar-refractivity contribution in [2.24, 2.45) is 0 Å². The molecule has 0 spiro atoms. The third-order valence-corrected chi connectivity index (χ3v) is 5.00. The summed E-state index contributed by atoms with van der Waals surface area (Å²) >= 11 is 1.15. The molecule has 0 radical (unpaired) electrons. The lowest BCUT2D eigenvalue weighted by molar-refractivity contribution is 0.251. The molecule has 0 unspecified atom stereocenters. The molecule has 0 saturated carbocycles. The molecule has 3 rings (SSSR count). The van der Waals surface area contributed by atoms with E-state index in [1.54, 1.807) is 12.4 Å². The van der Waals surface area contributed by atoms with Gasteiger partial charge in [0.2, 0.25) is 0 Å². The minimum Gasteiger partial charge on any atom is -0.487 e. The van der Waals surface area contributed by atoms with Crippen LogP contribution in [-0.4, -0.2) is 16.3 Å². The highest BCUT2D eigenvalue weighted by Crippen LogP contribution is 2.25. The average Bonchev–Trinajstić information content (AvgIpc) is 2.77. The summed E-state index contributed by atoms with van der Waals surface area (Å²) in [4.78, 5) is 16.1. The fourth-order valence-corrected chi connectivity index (χ4v) is 3.17. The van der Waals surface area contributed by atoms with Gasteiger partial charge >= 0.3 is 6.03 Å². The molecular weight excluding hydrogens is 396 g/mol. The topological polar surface area (TPSA) is 75.3 Å². The number of amides is 2. The fourth-order valence-electron chi connectivity index (χ4n) is 2.59. The van der Waals surface area contributed by atoms with Crippen LogP contribution in [0.2, 0.25) is 0 Å². The molecule has 6 nitrogen and oxygen atoms in total. The van der Waals surface area contributed by atoms with E-state index in [0.29, 0.717) is 18.4 Å². The third-order valence-electron chi connectivity index (χ3n) is 4.11. The number of hydrogen-bond donors (Lipinski definition) is 3. The summed E-state index contributed by atoms with van der Waals surface area (Å²) in [5, 5.41) is 6.17. The molecule has 0 aliphatic carbocycles. The van der Waals surface area contributed by atoms with Gasteiger partial charge in [0, 0.05) is 24.6 Å². The number of benzene rings is 2. The molecule has 2 amide bonds. The zero-order valence-electron chi connectivity index (χ0n) is 17.1. The van der Waals surface area contributed by atoms with Crippen molar-refractivity contribution in [1.29, 1.82) is 0 Å². The fraction of sp³-hybridized carbons (Fsp3) is 0.217. The van der Waals surface area contributed by atoms with Gasteiger partial charge in [-0.3, -0.25) is 4.98 Å². The quantitative estimate of drug-likeness (QED) is 0.349. The van der Waals surface area contributed by atoms with Crippen molar-refractivity contribution >= 4 is 29.4 Å². The lowest BCUT2D eigenvalue weighted by Crippen LogP contribution is -2.28. The Morgan fingerprint density at radius 2 is 1.83 bits per heavy atom. The number of anilines is 2. The molecule has 30 heavy (non-hydrogen) atoms. The molecule has 7 heteroatoms. The minimum absolute atomic E-state index is 0.257. The van der Waals surface area contributed by atoms with Crippen molar-refractivity contribution < 1.29 is 9.53 Å². The van der Waals surface area contributed by atoms with Crippen LogP contribution in [0.15, 0.2) is 73.1 Å². The van der Waals surface area contributed by atoms with Gasteiger partial charge in [-0.15, -0.1) is 0 Å².